The Kier molecular flexibility index (Phi) is 55.0. The van der Waals surface area contributed by atoms with Gasteiger partial charge < -0.3 is 18.9 Å². The molecule has 0 heterocycles. The van der Waals surface area contributed by atoms with Crippen molar-refractivity contribution >= 4 is 13.8 Å². The van der Waals surface area contributed by atoms with E-state index in [4.69, 9.17) is 18.5 Å². The summed E-state index contributed by atoms with van der Waals surface area (Å²) in [5.41, 5.74) is 0. The maximum Gasteiger partial charge on any atom is 0.472 e. The molecule has 0 aromatic rings. The third kappa shape index (κ3) is 60.9. The molecule has 0 spiro atoms. The number of carbonyl (C=O) groups is 1. The number of hydrogen-bond acceptors (Lipinski definition) is 6. The zero-order valence-corrected chi connectivity index (χ0v) is 49.8. The van der Waals surface area contributed by atoms with Crippen LogP contribution in [0.2, 0.25) is 0 Å². The van der Waals surface area contributed by atoms with E-state index in [1.165, 1.54) is 199 Å². The molecule has 0 saturated carbocycles. The summed E-state index contributed by atoms with van der Waals surface area (Å²) in [5.74, 6) is -0.310. The first-order valence-corrected chi connectivity index (χ1v) is 32.5. The molecule has 0 bridgehead atoms. The van der Waals surface area contributed by atoms with Gasteiger partial charge >= 0.3 is 13.8 Å². The maximum atomic E-state index is 12.8. The van der Waals surface area contributed by atoms with Crippen LogP contribution in [0.4, 0.5) is 0 Å². The second-order valence-electron chi connectivity index (χ2n) is 22.1. The molecule has 0 radical (unpaired) electrons. The molecule has 73 heavy (non-hydrogen) atoms. The highest BCUT2D eigenvalue weighted by molar-refractivity contribution is 7.47. The Labute approximate surface area is 453 Å². The molecule has 0 aliphatic carbocycles. The molecule has 0 aliphatic heterocycles. The largest absolute Gasteiger partial charge is 0.472 e. The lowest BCUT2D eigenvalue weighted by Crippen LogP contribution is -2.37. The first-order chi connectivity index (χ1) is 35.6. The van der Waals surface area contributed by atoms with Crippen molar-refractivity contribution in [2.45, 2.75) is 290 Å². The number of carbonyl (C=O) groups excluding carboxylic acids is 1. The van der Waals surface area contributed by atoms with Crippen LogP contribution >= 0.6 is 7.82 Å². The van der Waals surface area contributed by atoms with Crippen LogP contribution < -0.4 is 0 Å². The molecule has 8 nitrogen and oxygen atoms in total. The van der Waals surface area contributed by atoms with Crippen LogP contribution in [0.3, 0.4) is 0 Å². The van der Waals surface area contributed by atoms with Gasteiger partial charge in [-0.05, 0) is 57.8 Å². The molecule has 9 heteroatoms. The Morgan fingerprint density at radius 3 is 1.19 bits per heavy atom. The van der Waals surface area contributed by atoms with Gasteiger partial charge in [0, 0.05) is 13.0 Å². The third-order valence-electron chi connectivity index (χ3n) is 13.6. The van der Waals surface area contributed by atoms with Crippen molar-refractivity contribution in [1.29, 1.82) is 0 Å². The number of nitrogens with zero attached hydrogens (tertiary/aromatic N) is 1. The normalized spacial score (nSPS) is 13.8. The molecule has 0 amide bonds. The first-order valence-electron chi connectivity index (χ1n) is 31.0. The van der Waals surface area contributed by atoms with Gasteiger partial charge in [0.2, 0.25) is 0 Å². The SMILES string of the molecule is CC/C=C\C/C=C\C/C=C\C/C=C\C/C=C\CCCCCCCCCCCCOCC(COP(=O)(O)OCC[N+](C)(C)C)OC(=O)CCCCCCCCCCCCCCCCCCCCCCCCCCC. The lowest BCUT2D eigenvalue weighted by molar-refractivity contribution is -0.870. The van der Waals surface area contributed by atoms with Crippen LogP contribution in [0.5, 0.6) is 0 Å². The van der Waals surface area contributed by atoms with Crippen molar-refractivity contribution in [1.82, 2.24) is 0 Å². The lowest BCUT2D eigenvalue weighted by Gasteiger charge is -2.24. The zero-order chi connectivity index (χ0) is 53.3. The summed E-state index contributed by atoms with van der Waals surface area (Å²) in [6.07, 6.45) is 74.4. The molecule has 0 fully saturated rings. The average Bonchev–Trinajstić information content (AvgIpc) is 3.35. The number of rotatable bonds is 58. The van der Waals surface area contributed by atoms with Crippen LogP contribution in [0.25, 0.3) is 0 Å². The van der Waals surface area contributed by atoms with Gasteiger partial charge in [0.05, 0.1) is 34.4 Å². The fraction of sp³-hybridized carbons (Fsp3) is 0.828. The Balaban J connectivity index is 4.03. The number of quaternary nitrogens is 1. The minimum Gasteiger partial charge on any atom is -0.457 e. The summed E-state index contributed by atoms with van der Waals surface area (Å²) in [6, 6.07) is 0. The Morgan fingerprint density at radius 2 is 0.795 bits per heavy atom. The Morgan fingerprint density at radius 1 is 0.438 bits per heavy atom. The van der Waals surface area contributed by atoms with Crippen LogP contribution in [0.15, 0.2) is 60.8 Å². The van der Waals surface area contributed by atoms with Crippen LogP contribution in [-0.2, 0) is 27.9 Å². The molecular weight excluding hydrogens is 926 g/mol. The topological polar surface area (TPSA) is 91.3 Å². The van der Waals surface area contributed by atoms with E-state index in [-0.39, 0.29) is 25.8 Å². The molecular formula is C64H121NO7P+. The van der Waals surface area contributed by atoms with E-state index < -0.39 is 13.9 Å². The second-order valence-corrected chi connectivity index (χ2v) is 23.5. The number of unbranched alkanes of at least 4 members (excludes halogenated alkanes) is 34. The number of esters is 1. The zero-order valence-electron chi connectivity index (χ0n) is 48.9. The average molecular weight is 1050 g/mol. The van der Waals surface area contributed by atoms with Gasteiger partial charge in [-0.25, -0.2) is 4.57 Å². The summed E-state index contributed by atoms with van der Waals surface area (Å²) in [5, 5.41) is 0. The molecule has 0 rings (SSSR count). The summed E-state index contributed by atoms with van der Waals surface area (Å²) < 4.78 is 35.3. The third-order valence-corrected chi connectivity index (χ3v) is 14.6. The van der Waals surface area contributed by atoms with E-state index >= 15 is 0 Å². The van der Waals surface area contributed by atoms with Gasteiger partial charge in [0.1, 0.15) is 19.3 Å². The van der Waals surface area contributed by atoms with Crippen LogP contribution in [0, 0.1) is 0 Å². The monoisotopic (exact) mass is 1050 g/mol. The van der Waals surface area contributed by atoms with E-state index in [1.54, 1.807) is 0 Å². The van der Waals surface area contributed by atoms with Crippen molar-refractivity contribution in [3.8, 4) is 0 Å². The van der Waals surface area contributed by atoms with E-state index in [2.05, 4.69) is 74.6 Å². The predicted octanol–water partition coefficient (Wildman–Crippen LogP) is 20.0. The number of phosphoric ester groups is 1. The minimum absolute atomic E-state index is 0.0875. The van der Waals surface area contributed by atoms with Crippen LogP contribution in [-0.4, -0.2) is 75.6 Å². The first kappa shape index (κ1) is 71.2. The summed E-state index contributed by atoms with van der Waals surface area (Å²) in [6.45, 7) is 5.55. The number of ether oxygens (including phenoxy) is 2. The molecule has 2 unspecified atom stereocenters. The highest BCUT2D eigenvalue weighted by Gasteiger charge is 2.26. The van der Waals surface area contributed by atoms with Gasteiger partial charge in [-0.15, -0.1) is 0 Å². The fourth-order valence-corrected chi connectivity index (χ4v) is 9.62. The van der Waals surface area contributed by atoms with Gasteiger partial charge in [0.15, 0.2) is 0 Å². The number of hydrogen-bond donors (Lipinski definition) is 1. The molecule has 0 aromatic carbocycles. The predicted molar refractivity (Wildman–Crippen MR) is 316 cm³/mol. The number of likely N-dealkylation sites (N-methyl/N-ethyl adjacent to an activating group) is 1. The highest BCUT2D eigenvalue weighted by atomic mass is 31.2. The van der Waals surface area contributed by atoms with Gasteiger partial charge in [-0.2, -0.15) is 0 Å². The summed E-state index contributed by atoms with van der Waals surface area (Å²) in [4.78, 5) is 23.1. The molecule has 1 N–H and O–H groups in total. The standard InChI is InChI=1S/C64H120NO7P/c1-6-8-10-12-14-16-18-20-22-24-26-28-30-32-34-36-38-40-42-44-46-48-50-52-54-56-59-69-61-63(62-71-73(67,68)70-60-58-65(3,4)5)72-64(66)57-55-53-51-49-47-45-43-41-39-37-35-33-31-29-27-25-23-21-19-17-15-13-11-9-7-2/h8,10,14,16,20,22,26,28,32,34,63H,6-7,9,11-13,15,17-19,21,23-25,27,29-31,33,35-62H2,1-5H3/p+1/b10-8-,16-14-,22-20-,28-26-,34-32-. The summed E-state index contributed by atoms with van der Waals surface area (Å²) in [7, 11) is 1.67. The fourth-order valence-electron chi connectivity index (χ4n) is 8.88. The van der Waals surface area contributed by atoms with Crippen molar-refractivity contribution in [3.05, 3.63) is 60.8 Å². The minimum atomic E-state index is -4.29. The molecule has 428 valence electrons. The maximum absolute atomic E-state index is 12.8. The van der Waals surface area contributed by atoms with Gasteiger partial charge in [-0.1, -0.05) is 280 Å². The van der Waals surface area contributed by atoms with Crippen molar-refractivity contribution < 1.29 is 37.3 Å². The van der Waals surface area contributed by atoms with Crippen molar-refractivity contribution in [2.75, 3.05) is 54.1 Å². The Hall–Kier alpha value is -1.80. The van der Waals surface area contributed by atoms with E-state index in [1.807, 2.05) is 21.1 Å². The quantitative estimate of drug-likeness (QED) is 0.0213. The molecule has 0 aliphatic rings. The number of allylic oxidation sites excluding steroid dienone is 10. The van der Waals surface area contributed by atoms with Crippen molar-refractivity contribution in [3.63, 3.8) is 0 Å². The molecule has 0 saturated heterocycles. The van der Waals surface area contributed by atoms with Gasteiger partial charge in [0.25, 0.3) is 0 Å². The van der Waals surface area contributed by atoms with Crippen LogP contribution in [0.1, 0.15) is 284 Å². The van der Waals surface area contributed by atoms with Crippen molar-refractivity contribution in [2.24, 2.45) is 0 Å². The van der Waals surface area contributed by atoms with E-state index in [0.29, 0.717) is 24.1 Å². The molecule has 2 atom stereocenters. The van der Waals surface area contributed by atoms with E-state index in [0.717, 1.165) is 64.2 Å². The summed E-state index contributed by atoms with van der Waals surface area (Å²) >= 11 is 0. The van der Waals surface area contributed by atoms with Gasteiger partial charge in [-0.3, -0.25) is 13.8 Å². The number of phosphoric acid groups is 1. The Bertz CT molecular complexity index is 1350. The lowest BCUT2D eigenvalue weighted by atomic mass is 10.0. The highest BCUT2D eigenvalue weighted by Crippen LogP contribution is 2.43. The smallest absolute Gasteiger partial charge is 0.457 e. The molecule has 0 aromatic heterocycles. The van der Waals surface area contributed by atoms with E-state index in [9.17, 15) is 14.3 Å². The second kappa shape index (κ2) is 56.4.